The zero-order chi connectivity index (χ0) is 22.4. The molecule has 0 fully saturated rings. The van der Waals surface area contributed by atoms with Gasteiger partial charge in [0.1, 0.15) is 23.9 Å². The molecule has 162 valence electrons. The molecule has 1 aromatic carbocycles. The maximum absolute atomic E-state index is 13.0. The van der Waals surface area contributed by atoms with Crippen molar-refractivity contribution in [1.29, 1.82) is 0 Å². The summed E-state index contributed by atoms with van der Waals surface area (Å²) in [5.74, 6) is -0.823. The molecule has 29 heavy (non-hydrogen) atoms. The Labute approximate surface area is 172 Å². The number of amides is 3. The first-order valence-electron chi connectivity index (χ1n) is 9.69. The molecule has 0 bridgehead atoms. The van der Waals surface area contributed by atoms with Crippen molar-refractivity contribution in [3.63, 3.8) is 0 Å². The fourth-order valence-electron chi connectivity index (χ4n) is 2.78. The molecule has 0 radical (unpaired) electrons. The number of benzene rings is 1. The zero-order valence-electron chi connectivity index (χ0n) is 18.3. The van der Waals surface area contributed by atoms with E-state index in [1.807, 2.05) is 13.8 Å². The Morgan fingerprint density at radius 2 is 1.76 bits per heavy atom. The molecule has 1 atom stereocenters. The van der Waals surface area contributed by atoms with Gasteiger partial charge in [0.25, 0.3) is 0 Å². The van der Waals surface area contributed by atoms with Crippen LogP contribution in [-0.2, 0) is 14.3 Å². The van der Waals surface area contributed by atoms with Gasteiger partial charge in [-0.15, -0.1) is 0 Å². The number of aromatic hydroxyl groups is 1. The van der Waals surface area contributed by atoms with Gasteiger partial charge < -0.3 is 25.4 Å². The average Bonchev–Trinajstić information content (AvgIpc) is 2.54. The lowest BCUT2D eigenvalue weighted by molar-refractivity contribution is -0.142. The molecule has 1 rings (SSSR count). The van der Waals surface area contributed by atoms with Crippen molar-refractivity contribution in [3.8, 4) is 5.75 Å². The molecule has 0 saturated carbocycles. The Morgan fingerprint density at radius 1 is 1.14 bits per heavy atom. The van der Waals surface area contributed by atoms with Crippen molar-refractivity contribution in [3.05, 3.63) is 29.8 Å². The van der Waals surface area contributed by atoms with E-state index in [0.29, 0.717) is 5.56 Å². The highest BCUT2D eigenvalue weighted by Gasteiger charge is 2.34. The van der Waals surface area contributed by atoms with Gasteiger partial charge in [-0.05, 0) is 66.2 Å². The van der Waals surface area contributed by atoms with Gasteiger partial charge in [-0.1, -0.05) is 12.1 Å². The summed E-state index contributed by atoms with van der Waals surface area (Å²) in [5.41, 5.74) is -0.214. The largest absolute Gasteiger partial charge is 0.508 e. The Morgan fingerprint density at radius 3 is 2.24 bits per heavy atom. The lowest BCUT2D eigenvalue weighted by Gasteiger charge is -2.35. The van der Waals surface area contributed by atoms with Crippen LogP contribution in [0.4, 0.5) is 4.79 Å². The van der Waals surface area contributed by atoms with E-state index in [4.69, 9.17) is 4.74 Å². The molecule has 8 heteroatoms. The minimum Gasteiger partial charge on any atom is -0.508 e. The van der Waals surface area contributed by atoms with E-state index in [-0.39, 0.29) is 30.3 Å². The monoisotopic (exact) mass is 407 g/mol. The van der Waals surface area contributed by atoms with Crippen molar-refractivity contribution >= 4 is 17.9 Å². The quantitative estimate of drug-likeness (QED) is 0.644. The Hall–Kier alpha value is -2.77. The van der Waals surface area contributed by atoms with E-state index in [2.05, 4.69) is 10.6 Å². The molecule has 8 nitrogen and oxygen atoms in total. The smallest absolute Gasteiger partial charge is 0.408 e. The van der Waals surface area contributed by atoms with Crippen LogP contribution in [0.3, 0.4) is 0 Å². The van der Waals surface area contributed by atoms with Crippen molar-refractivity contribution < 1.29 is 24.2 Å². The Bertz CT molecular complexity index is 725. The van der Waals surface area contributed by atoms with Crippen molar-refractivity contribution in [1.82, 2.24) is 15.5 Å². The number of nitrogens with one attached hydrogen (secondary N) is 2. The zero-order valence-corrected chi connectivity index (χ0v) is 18.3. The summed E-state index contributed by atoms with van der Waals surface area (Å²) in [6.07, 6.45) is -0.713. The number of phenolic OH excluding ortho intramolecular Hbond substituents is 1. The highest BCUT2D eigenvalue weighted by molar-refractivity contribution is 5.90. The van der Waals surface area contributed by atoms with Gasteiger partial charge in [0, 0.05) is 12.1 Å². The Balaban J connectivity index is 3.14. The van der Waals surface area contributed by atoms with Crippen LogP contribution in [0.2, 0.25) is 0 Å². The SMILES string of the molecule is CC(C)NC(=O)C(c1cccc(O)c1)N(C(=O)CNC(=O)OC(C)(C)C)C(C)C. The van der Waals surface area contributed by atoms with Crippen LogP contribution in [0, 0.1) is 0 Å². The van der Waals surface area contributed by atoms with Crippen LogP contribution in [0.15, 0.2) is 24.3 Å². The van der Waals surface area contributed by atoms with Gasteiger partial charge in [0.05, 0.1) is 0 Å². The number of ether oxygens (including phenoxy) is 1. The van der Waals surface area contributed by atoms with Gasteiger partial charge in [-0.3, -0.25) is 9.59 Å². The molecule has 0 aliphatic heterocycles. The van der Waals surface area contributed by atoms with E-state index >= 15 is 0 Å². The lowest BCUT2D eigenvalue weighted by Crippen LogP contribution is -2.51. The van der Waals surface area contributed by atoms with Crippen molar-refractivity contribution in [2.75, 3.05) is 6.54 Å². The molecular weight excluding hydrogens is 374 g/mol. The Kier molecular flexibility index (Phi) is 8.48. The minimum atomic E-state index is -0.961. The maximum Gasteiger partial charge on any atom is 0.408 e. The molecule has 3 N–H and O–H groups in total. The summed E-state index contributed by atoms with van der Waals surface area (Å²) in [4.78, 5) is 39.2. The van der Waals surface area contributed by atoms with E-state index in [0.717, 1.165) is 0 Å². The molecule has 1 aromatic rings. The molecular formula is C21H33N3O5. The second-order valence-electron chi connectivity index (χ2n) is 8.41. The molecule has 3 amide bonds. The number of phenols is 1. The third kappa shape index (κ3) is 8.01. The minimum absolute atomic E-state index is 0.00659. The first-order chi connectivity index (χ1) is 13.3. The molecule has 0 aromatic heterocycles. The number of nitrogens with zero attached hydrogens (tertiary/aromatic N) is 1. The van der Waals surface area contributed by atoms with E-state index in [1.54, 1.807) is 46.8 Å². The highest BCUT2D eigenvalue weighted by atomic mass is 16.6. The van der Waals surface area contributed by atoms with Crippen LogP contribution in [0.5, 0.6) is 5.75 Å². The number of carbonyl (C=O) groups excluding carboxylic acids is 3. The molecule has 0 aliphatic rings. The van der Waals surface area contributed by atoms with Gasteiger partial charge >= 0.3 is 6.09 Å². The van der Waals surface area contributed by atoms with Crippen LogP contribution in [0.1, 0.15) is 60.1 Å². The first kappa shape index (κ1) is 24.3. The number of alkyl carbamates (subject to hydrolysis) is 1. The fourth-order valence-corrected chi connectivity index (χ4v) is 2.78. The average molecular weight is 408 g/mol. The number of carbonyl (C=O) groups is 3. The molecule has 0 heterocycles. The fraction of sp³-hybridized carbons (Fsp3) is 0.571. The maximum atomic E-state index is 13.0. The normalized spacial score (nSPS) is 12.4. The predicted molar refractivity (Wildman–Crippen MR) is 110 cm³/mol. The summed E-state index contributed by atoms with van der Waals surface area (Å²) in [7, 11) is 0. The van der Waals surface area contributed by atoms with E-state index < -0.39 is 23.6 Å². The summed E-state index contributed by atoms with van der Waals surface area (Å²) in [6.45, 7) is 12.1. The first-order valence-corrected chi connectivity index (χ1v) is 9.69. The topological polar surface area (TPSA) is 108 Å². The van der Waals surface area contributed by atoms with Gasteiger partial charge in [0.2, 0.25) is 11.8 Å². The third-order valence-electron chi connectivity index (χ3n) is 3.77. The molecule has 1 unspecified atom stereocenters. The highest BCUT2D eigenvalue weighted by Crippen LogP contribution is 2.26. The standard InChI is InChI=1S/C21H33N3O5/c1-13(2)23-19(27)18(15-9-8-10-16(25)11-15)24(14(3)4)17(26)12-22-20(28)29-21(5,6)7/h8-11,13-14,18,25H,12H2,1-7H3,(H,22,28)(H,23,27). The summed E-state index contributed by atoms with van der Waals surface area (Å²) >= 11 is 0. The van der Waals surface area contributed by atoms with Gasteiger partial charge in [-0.2, -0.15) is 0 Å². The van der Waals surface area contributed by atoms with E-state index in [9.17, 15) is 19.5 Å². The molecule has 0 aliphatic carbocycles. The second-order valence-corrected chi connectivity index (χ2v) is 8.41. The molecule has 0 saturated heterocycles. The van der Waals surface area contributed by atoms with Crippen LogP contribution >= 0.6 is 0 Å². The second kappa shape index (κ2) is 10.1. The van der Waals surface area contributed by atoms with Crippen LogP contribution < -0.4 is 10.6 Å². The third-order valence-corrected chi connectivity index (χ3v) is 3.77. The number of hydrogen-bond donors (Lipinski definition) is 3. The van der Waals surface area contributed by atoms with Crippen LogP contribution in [0.25, 0.3) is 0 Å². The lowest BCUT2D eigenvalue weighted by atomic mass is 10.0. The summed E-state index contributed by atoms with van der Waals surface area (Å²) < 4.78 is 5.16. The van der Waals surface area contributed by atoms with Crippen LogP contribution in [-0.4, -0.2) is 52.1 Å². The van der Waals surface area contributed by atoms with Gasteiger partial charge in [0.15, 0.2) is 0 Å². The summed E-state index contributed by atoms with van der Waals surface area (Å²) in [5, 5.41) is 15.1. The van der Waals surface area contributed by atoms with E-state index in [1.165, 1.54) is 17.0 Å². The predicted octanol–water partition coefficient (Wildman–Crippen LogP) is 2.72. The van der Waals surface area contributed by atoms with Crippen molar-refractivity contribution in [2.45, 2.75) is 72.2 Å². The van der Waals surface area contributed by atoms with Gasteiger partial charge in [-0.25, -0.2) is 4.79 Å². The molecule has 0 spiro atoms. The van der Waals surface area contributed by atoms with Crippen molar-refractivity contribution in [2.24, 2.45) is 0 Å². The number of rotatable bonds is 7. The number of hydrogen-bond acceptors (Lipinski definition) is 5. The summed E-state index contributed by atoms with van der Waals surface area (Å²) in [6, 6.07) is 4.80.